The van der Waals surface area contributed by atoms with Crippen molar-refractivity contribution in [1.82, 2.24) is 5.32 Å². The predicted molar refractivity (Wildman–Crippen MR) is 94.7 cm³/mol. The number of ether oxygens (including phenoxy) is 1. The number of hydrogen-bond acceptors (Lipinski definition) is 3. The highest BCUT2D eigenvalue weighted by Gasteiger charge is 2.05. The molecule has 0 unspecified atom stereocenters. The van der Waals surface area contributed by atoms with Crippen LogP contribution in [0, 0.1) is 0 Å². The Labute approximate surface area is 146 Å². The minimum absolute atomic E-state index is 0.0589. The van der Waals surface area contributed by atoms with Gasteiger partial charge in [0.2, 0.25) is 0 Å². The number of Topliss-reactive ketones (excluding diaryl/α,β-unsaturated/α-hetero) is 1. The summed E-state index contributed by atoms with van der Waals surface area (Å²) in [5.41, 5.74) is 1.72. The van der Waals surface area contributed by atoms with E-state index in [0.29, 0.717) is 35.7 Å². The summed E-state index contributed by atoms with van der Waals surface area (Å²) >= 11 is 5.92. The van der Waals surface area contributed by atoms with Gasteiger partial charge in [-0.15, -0.1) is 0 Å². The third-order valence-corrected chi connectivity index (χ3v) is 3.73. The molecule has 0 saturated carbocycles. The van der Waals surface area contributed by atoms with E-state index >= 15 is 0 Å². The molecule has 5 heteroatoms. The molecule has 0 aliphatic carbocycles. The van der Waals surface area contributed by atoms with E-state index in [1.54, 1.807) is 24.3 Å². The van der Waals surface area contributed by atoms with Crippen LogP contribution in [-0.4, -0.2) is 24.8 Å². The summed E-state index contributed by atoms with van der Waals surface area (Å²) in [6, 6.07) is 14.4. The zero-order valence-electron chi connectivity index (χ0n) is 13.5. The van der Waals surface area contributed by atoms with E-state index < -0.39 is 0 Å². The van der Waals surface area contributed by atoms with E-state index in [0.717, 1.165) is 5.56 Å². The zero-order valence-corrected chi connectivity index (χ0v) is 14.3. The van der Waals surface area contributed by atoms with Crippen molar-refractivity contribution in [1.29, 1.82) is 0 Å². The Balaban J connectivity index is 1.72. The standard InChI is InChI=1S/C19H20ClNO3/c1-2-18(22)15-6-8-17(9-7-15)24-13-19(23)21-11-10-14-4-3-5-16(20)12-14/h3-9,12H,2,10-11,13H2,1H3,(H,21,23). The van der Waals surface area contributed by atoms with Crippen LogP contribution >= 0.6 is 11.6 Å². The zero-order chi connectivity index (χ0) is 17.4. The van der Waals surface area contributed by atoms with Gasteiger partial charge in [0, 0.05) is 23.6 Å². The molecule has 4 nitrogen and oxygen atoms in total. The number of ketones is 1. The number of carbonyl (C=O) groups is 2. The maximum atomic E-state index is 11.8. The normalized spacial score (nSPS) is 10.2. The van der Waals surface area contributed by atoms with Crippen molar-refractivity contribution in [2.75, 3.05) is 13.2 Å². The van der Waals surface area contributed by atoms with Crippen LogP contribution in [0.4, 0.5) is 0 Å². The topological polar surface area (TPSA) is 55.4 Å². The fourth-order valence-electron chi connectivity index (χ4n) is 2.18. The molecular weight excluding hydrogens is 326 g/mol. The molecule has 0 aliphatic rings. The van der Waals surface area contributed by atoms with Crippen molar-refractivity contribution in [2.45, 2.75) is 19.8 Å². The largest absolute Gasteiger partial charge is 0.484 e. The minimum Gasteiger partial charge on any atom is -0.484 e. The van der Waals surface area contributed by atoms with Gasteiger partial charge >= 0.3 is 0 Å². The number of amides is 1. The number of nitrogens with one attached hydrogen (secondary N) is 1. The van der Waals surface area contributed by atoms with E-state index in [2.05, 4.69) is 5.32 Å². The molecule has 126 valence electrons. The molecule has 2 aromatic carbocycles. The summed E-state index contributed by atoms with van der Waals surface area (Å²) in [6.45, 7) is 2.28. The fourth-order valence-corrected chi connectivity index (χ4v) is 2.39. The van der Waals surface area contributed by atoms with Crippen molar-refractivity contribution >= 4 is 23.3 Å². The maximum Gasteiger partial charge on any atom is 0.257 e. The van der Waals surface area contributed by atoms with E-state index in [1.165, 1.54) is 0 Å². The Hall–Kier alpha value is -2.33. The van der Waals surface area contributed by atoms with Crippen molar-refractivity contribution in [3.05, 3.63) is 64.7 Å². The van der Waals surface area contributed by atoms with Gasteiger partial charge in [-0.2, -0.15) is 0 Å². The average molecular weight is 346 g/mol. The molecule has 0 atom stereocenters. The molecule has 0 radical (unpaired) electrons. The molecule has 24 heavy (non-hydrogen) atoms. The van der Waals surface area contributed by atoms with E-state index in [9.17, 15) is 9.59 Å². The van der Waals surface area contributed by atoms with Crippen LogP contribution < -0.4 is 10.1 Å². The second-order valence-electron chi connectivity index (χ2n) is 5.32. The van der Waals surface area contributed by atoms with Crippen LogP contribution in [0.25, 0.3) is 0 Å². The molecule has 2 aromatic rings. The average Bonchev–Trinajstić information content (AvgIpc) is 2.60. The van der Waals surface area contributed by atoms with Crippen LogP contribution in [0.2, 0.25) is 5.02 Å². The molecule has 0 spiro atoms. The summed E-state index contributed by atoms with van der Waals surface area (Å²) in [5, 5.41) is 3.49. The van der Waals surface area contributed by atoms with Gasteiger partial charge in [0.05, 0.1) is 0 Å². The first-order chi connectivity index (χ1) is 11.6. The summed E-state index contributed by atoms with van der Waals surface area (Å²) < 4.78 is 5.41. The predicted octanol–water partition coefficient (Wildman–Crippen LogP) is 3.67. The van der Waals surface area contributed by atoms with Gasteiger partial charge in [0.25, 0.3) is 5.91 Å². The lowest BCUT2D eigenvalue weighted by molar-refractivity contribution is -0.123. The highest BCUT2D eigenvalue weighted by Crippen LogP contribution is 2.13. The van der Waals surface area contributed by atoms with Crippen LogP contribution in [0.15, 0.2) is 48.5 Å². The quantitative estimate of drug-likeness (QED) is 0.743. The van der Waals surface area contributed by atoms with E-state index in [1.807, 2.05) is 31.2 Å². The van der Waals surface area contributed by atoms with Gasteiger partial charge < -0.3 is 10.1 Å². The number of carbonyl (C=O) groups excluding carboxylic acids is 2. The van der Waals surface area contributed by atoms with Gasteiger partial charge in [-0.25, -0.2) is 0 Å². The van der Waals surface area contributed by atoms with Crippen LogP contribution in [0.5, 0.6) is 5.75 Å². The number of hydrogen-bond donors (Lipinski definition) is 1. The second-order valence-corrected chi connectivity index (χ2v) is 5.76. The lowest BCUT2D eigenvalue weighted by Gasteiger charge is -2.08. The first-order valence-corrected chi connectivity index (χ1v) is 8.23. The minimum atomic E-state index is -0.189. The summed E-state index contributed by atoms with van der Waals surface area (Å²) in [4.78, 5) is 23.3. The maximum absolute atomic E-state index is 11.8. The van der Waals surface area contributed by atoms with Gasteiger partial charge in [-0.1, -0.05) is 30.7 Å². The molecule has 0 aliphatic heterocycles. The summed E-state index contributed by atoms with van der Waals surface area (Å²) in [5.74, 6) is 0.457. The third-order valence-electron chi connectivity index (χ3n) is 3.49. The summed E-state index contributed by atoms with van der Waals surface area (Å²) in [6.07, 6.45) is 1.18. The third kappa shape index (κ3) is 5.70. The highest BCUT2D eigenvalue weighted by atomic mass is 35.5. The number of halogens is 1. The Kier molecular flexibility index (Phi) is 6.82. The molecule has 0 bridgehead atoms. The first-order valence-electron chi connectivity index (χ1n) is 7.85. The molecule has 0 heterocycles. The number of rotatable bonds is 8. The molecule has 0 aromatic heterocycles. The highest BCUT2D eigenvalue weighted by molar-refractivity contribution is 6.30. The van der Waals surface area contributed by atoms with Crippen LogP contribution in [0.1, 0.15) is 29.3 Å². The molecule has 0 fully saturated rings. The van der Waals surface area contributed by atoms with Crippen LogP contribution in [0.3, 0.4) is 0 Å². The summed E-state index contributed by atoms with van der Waals surface area (Å²) in [7, 11) is 0. The van der Waals surface area contributed by atoms with Crippen LogP contribution in [-0.2, 0) is 11.2 Å². The first kappa shape index (κ1) is 18.0. The number of benzene rings is 2. The molecular formula is C19H20ClNO3. The Morgan fingerprint density at radius 2 is 1.88 bits per heavy atom. The second kappa shape index (κ2) is 9.08. The lowest BCUT2D eigenvalue weighted by atomic mass is 10.1. The Bertz CT molecular complexity index is 698. The monoisotopic (exact) mass is 345 g/mol. The fraction of sp³-hybridized carbons (Fsp3) is 0.263. The molecule has 1 amide bonds. The molecule has 0 saturated heterocycles. The van der Waals surface area contributed by atoms with Crippen molar-refractivity contribution < 1.29 is 14.3 Å². The lowest BCUT2D eigenvalue weighted by Crippen LogP contribution is -2.30. The SMILES string of the molecule is CCC(=O)c1ccc(OCC(=O)NCCc2cccc(Cl)c2)cc1. The van der Waals surface area contributed by atoms with Crippen molar-refractivity contribution in [3.8, 4) is 5.75 Å². The van der Waals surface area contributed by atoms with E-state index in [-0.39, 0.29) is 18.3 Å². The van der Waals surface area contributed by atoms with E-state index in [4.69, 9.17) is 16.3 Å². The van der Waals surface area contributed by atoms with Gasteiger partial charge in [-0.05, 0) is 48.4 Å². The van der Waals surface area contributed by atoms with Gasteiger partial charge in [0.1, 0.15) is 5.75 Å². The van der Waals surface area contributed by atoms with Crippen molar-refractivity contribution in [3.63, 3.8) is 0 Å². The Morgan fingerprint density at radius 1 is 1.12 bits per heavy atom. The molecule has 1 N–H and O–H groups in total. The Morgan fingerprint density at radius 3 is 2.54 bits per heavy atom. The smallest absolute Gasteiger partial charge is 0.257 e. The van der Waals surface area contributed by atoms with Gasteiger partial charge in [0.15, 0.2) is 12.4 Å². The van der Waals surface area contributed by atoms with Crippen molar-refractivity contribution in [2.24, 2.45) is 0 Å². The molecule has 2 rings (SSSR count). The van der Waals surface area contributed by atoms with Gasteiger partial charge in [-0.3, -0.25) is 9.59 Å².